The minimum absolute atomic E-state index is 0.0174. The molecule has 1 fully saturated rings. The Balaban J connectivity index is 1.15. The van der Waals surface area contributed by atoms with E-state index in [4.69, 9.17) is 4.42 Å². The maximum atomic E-state index is 6.40. The van der Waals surface area contributed by atoms with Crippen molar-refractivity contribution < 1.29 is 4.42 Å². The van der Waals surface area contributed by atoms with E-state index in [1.807, 2.05) is 0 Å². The Morgan fingerprint density at radius 3 is 1.86 bits per heavy atom. The second-order valence-electron chi connectivity index (χ2n) is 22.8. The number of anilines is 8. The Bertz CT molecular complexity index is 3350. The summed E-state index contributed by atoms with van der Waals surface area (Å²) in [5, 5.41) is 2.28. The summed E-state index contributed by atoms with van der Waals surface area (Å²) in [6, 6.07) is 49.3. The molecule has 0 N–H and O–H groups in total. The van der Waals surface area contributed by atoms with Gasteiger partial charge in [0.05, 0.1) is 5.54 Å². The van der Waals surface area contributed by atoms with E-state index < -0.39 is 0 Å². The highest BCUT2D eigenvalue weighted by Gasteiger charge is 2.58. The van der Waals surface area contributed by atoms with Gasteiger partial charge in [-0.15, -0.1) is 0 Å². The predicted molar refractivity (Wildman–Crippen MR) is 282 cm³/mol. The third-order valence-electron chi connectivity index (χ3n) is 16.4. The van der Waals surface area contributed by atoms with Gasteiger partial charge in [-0.3, -0.25) is 0 Å². The molecule has 330 valence electrons. The molecule has 7 aromatic carbocycles. The van der Waals surface area contributed by atoms with Crippen molar-refractivity contribution >= 4 is 90.5 Å². The highest BCUT2D eigenvalue weighted by Crippen LogP contribution is 2.62. The molecule has 0 spiro atoms. The van der Waals surface area contributed by atoms with Gasteiger partial charge in [-0.1, -0.05) is 116 Å². The zero-order chi connectivity index (χ0) is 45.8. The van der Waals surface area contributed by atoms with E-state index in [0.717, 1.165) is 27.6 Å². The van der Waals surface area contributed by atoms with Crippen LogP contribution in [0.15, 0.2) is 132 Å². The van der Waals surface area contributed by atoms with Gasteiger partial charge in [-0.2, -0.15) is 0 Å². The minimum atomic E-state index is -0.0591. The summed E-state index contributed by atoms with van der Waals surface area (Å²) in [6.45, 7) is 26.1. The van der Waals surface area contributed by atoms with E-state index in [2.05, 4.69) is 218 Å². The van der Waals surface area contributed by atoms with Crippen molar-refractivity contribution in [3.05, 3.63) is 161 Å². The van der Waals surface area contributed by atoms with E-state index in [0.29, 0.717) is 0 Å². The minimum Gasteiger partial charge on any atom is -0.456 e. The molecule has 0 amide bonds. The number of rotatable bonds is 3. The molecule has 1 aliphatic carbocycles. The zero-order valence-electron chi connectivity index (χ0n) is 40.8. The molecule has 5 heteroatoms. The SMILES string of the molecule is Cc1cc2c3c(c1)N(c1ccc4oc5ccccc5c4c1)c1cc(C(C)(C)C)ccc1B3c1ccc(N3c4cc(C)cc(C)c4C4(C)CCCCC34C)cc1N2c1cccc(C(C)(C)C)c1. The molecule has 0 radical (unpaired) electrons. The molecule has 1 saturated carbocycles. The third-order valence-corrected chi connectivity index (χ3v) is 16.4. The molecular formula is C61H62BN3O. The van der Waals surface area contributed by atoms with Crippen molar-refractivity contribution in [1.82, 2.24) is 0 Å². The number of fused-ring (bicyclic) bond motifs is 10. The Morgan fingerprint density at radius 1 is 0.515 bits per heavy atom. The number of aryl methyl sites for hydroxylation is 3. The lowest BCUT2D eigenvalue weighted by Crippen LogP contribution is -2.61. The lowest BCUT2D eigenvalue weighted by molar-refractivity contribution is 0.194. The van der Waals surface area contributed by atoms with Gasteiger partial charge in [-0.05, 0) is 174 Å². The Labute approximate surface area is 392 Å². The molecule has 2 unspecified atom stereocenters. The molecule has 4 aliphatic rings. The van der Waals surface area contributed by atoms with Crippen molar-refractivity contribution in [1.29, 1.82) is 0 Å². The Morgan fingerprint density at radius 2 is 1.12 bits per heavy atom. The maximum Gasteiger partial charge on any atom is 0.252 e. The molecule has 1 aromatic heterocycles. The normalized spacial score (nSPS) is 19.8. The summed E-state index contributed by atoms with van der Waals surface area (Å²) in [7, 11) is 0. The van der Waals surface area contributed by atoms with Crippen LogP contribution >= 0.6 is 0 Å². The van der Waals surface area contributed by atoms with E-state index in [9.17, 15) is 0 Å². The smallest absolute Gasteiger partial charge is 0.252 e. The number of nitrogens with zero attached hydrogens (tertiary/aromatic N) is 3. The summed E-state index contributed by atoms with van der Waals surface area (Å²) in [4.78, 5) is 7.97. The molecule has 8 aromatic rings. The molecule has 4 heterocycles. The van der Waals surface area contributed by atoms with Crippen LogP contribution < -0.4 is 31.1 Å². The second-order valence-corrected chi connectivity index (χ2v) is 22.8. The molecule has 4 nitrogen and oxygen atoms in total. The van der Waals surface area contributed by atoms with Gasteiger partial charge in [0.15, 0.2) is 0 Å². The molecule has 66 heavy (non-hydrogen) atoms. The first-order valence-corrected chi connectivity index (χ1v) is 24.4. The van der Waals surface area contributed by atoms with Gasteiger partial charge in [0.25, 0.3) is 6.71 Å². The standard InChI is InChI=1S/C61H62BN3O/c1-37-29-39(3)56-51(30-37)65(61(11)28-15-14-27-60(56,61)10)44-22-25-48-50(36-44)63(42-18-16-17-40(33-42)58(4,5)6)52-31-38(2)32-53-57(52)62(48)47-24-21-41(59(7,8)9)34-49(47)64(53)43-23-26-55-46(35-43)45-19-12-13-20-54(45)66-55/h12-13,16-26,29-36H,14-15,27-28H2,1-11H3. The summed E-state index contributed by atoms with van der Waals surface area (Å²) in [5.74, 6) is 0. The molecular weight excluding hydrogens is 802 g/mol. The van der Waals surface area contributed by atoms with Crippen LogP contribution in [0.5, 0.6) is 0 Å². The first kappa shape index (κ1) is 41.3. The van der Waals surface area contributed by atoms with Crippen molar-refractivity contribution in [2.45, 2.75) is 124 Å². The average molecular weight is 864 g/mol. The van der Waals surface area contributed by atoms with Crippen LogP contribution in [-0.2, 0) is 16.2 Å². The van der Waals surface area contributed by atoms with Gasteiger partial charge in [0.2, 0.25) is 0 Å². The third kappa shape index (κ3) is 5.77. The quantitative estimate of drug-likeness (QED) is 0.165. The van der Waals surface area contributed by atoms with Crippen LogP contribution in [0.4, 0.5) is 45.5 Å². The Hall–Kier alpha value is -6.20. The Kier molecular flexibility index (Phi) is 8.70. The lowest BCUT2D eigenvalue weighted by Gasteiger charge is -2.51. The maximum absolute atomic E-state index is 6.40. The van der Waals surface area contributed by atoms with Gasteiger partial charge >= 0.3 is 0 Å². The summed E-state index contributed by atoms with van der Waals surface area (Å²) >= 11 is 0. The number of furan rings is 1. The largest absolute Gasteiger partial charge is 0.456 e. The van der Waals surface area contributed by atoms with Gasteiger partial charge in [0, 0.05) is 61.7 Å². The summed E-state index contributed by atoms with van der Waals surface area (Å²) < 4.78 is 6.40. The fraction of sp³-hybridized carbons (Fsp3) is 0.311. The lowest BCUT2D eigenvalue weighted by atomic mass is 9.33. The summed E-state index contributed by atoms with van der Waals surface area (Å²) in [5.41, 5.74) is 24.0. The molecule has 2 atom stereocenters. The van der Waals surface area contributed by atoms with Crippen LogP contribution in [0.25, 0.3) is 21.9 Å². The highest BCUT2D eigenvalue weighted by molar-refractivity contribution is 7.00. The first-order valence-electron chi connectivity index (χ1n) is 24.4. The van der Waals surface area contributed by atoms with E-state index in [1.54, 1.807) is 5.56 Å². The fourth-order valence-electron chi connectivity index (χ4n) is 13.0. The van der Waals surface area contributed by atoms with Crippen LogP contribution in [0.3, 0.4) is 0 Å². The number of hydrogen-bond donors (Lipinski definition) is 0. The molecule has 0 bridgehead atoms. The van der Waals surface area contributed by atoms with Gasteiger partial charge in [0.1, 0.15) is 11.2 Å². The van der Waals surface area contributed by atoms with Crippen LogP contribution in [-0.4, -0.2) is 12.3 Å². The molecule has 12 rings (SSSR count). The molecule has 0 saturated heterocycles. The van der Waals surface area contributed by atoms with Crippen molar-refractivity contribution in [2.24, 2.45) is 0 Å². The summed E-state index contributed by atoms with van der Waals surface area (Å²) in [6.07, 6.45) is 4.89. The number of para-hydroxylation sites is 1. The fourth-order valence-corrected chi connectivity index (χ4v) is 13.0. The van der Waals surface area contributed by atoms with E-state index >= 15 is 0 Å². The number of benzene rings is 7. The van der Waals surface area contributed by atoms with Crippen LogP contribution in [0, 0.1) is 20.8 Å². The van der Waals surface area contributed by atoms with Gasteiger partial charge in [-0.25, -0.2) is 0 Å². The van der Waals surface area contributed by atoms with E-state index in [-0.39, 0.29) is 28.5 Å². The highest BCUT2D eigenvalue weighted by atomic mass is 16.3. The van der Waals surface area contributed by atoms with Crippen molar-refractivity contribution in [3.8, 4) is 0 Å². The number of hydrogen-bond acceptors (Lipinski definition) is 4. The monoisotopic (exact) mass is 863 g/mol. The molecule has 3 aliphatic heterocycles. The van der Waals surface area contributed by atoms with Gasteiger partial charge < -0.3 is 19.1 Å². The van der Waals surface area contributed by atoms with Crippen molar-refractivity contribution in [2.75, 3.05) is 14.7 Å². The van der Waals surface area contributed by atoms with Crippen LogP contribution in [0.1, 0.15) is 114 Å². The van der Waals surface area contributed by atoms with Crippen LogP contribution in [0.2, 0.25) is 0 Å². The van der Waals surface area contributed by atoms with Crippen molar-refractivity contribution in [3.63, 3.8) is 0 Å². The predicted octanol–water partition coefficient (Wildman–Crippen LogP) is 14.9. The zero-order valence-corrected chi connectivity index (χ0v) is 40.8. The topological polar surface area (TPSA) is 22.9 Å². The second kappa shape index (κ2) is 13.9. The van der Waals surface area contributed by atoms with E-state index in [1.165, 1.54) is 110 Å². The first-order chi connectivity index (χ1) is 31.4. The average Bonchev–Trinajstić information content (AvgIpc) is 3.74.